The molecule has 0 saturated carbocycles. The number of H-pyrrole nitrogens is 1. The number of fused-ring (bicyclic) bond motifs is 3. The Balaban J connectivity index is 1.61. The van der Waals surface area contributed by atoms with Crippen molar-refractivity contribution in [1.82, 2.24) is 14.8 Å². The maximum Gasteiger partial charge on any atom is 0.255 e. The second kappa shape index (κ2) is 8.13. The highest BCUT2D eigenvalue weighted by molar-refractivity contribution is 6.04. The van der Waals surface area contributed by atoms with Crippen molar-refractivity contribution in [2.24, 2.45) is 0 Å². The van der Waals surface area contributed by atoms with Gasteiger partial charge in [-0.1, -0.05) is 72.8 Å². The van der Waals surface area contributed by atoms with Crippen LogP contribution in [0.1, 0.15) is 27.5 Å². The number of aromatic amines is 1. The maximum absolute atomic E-state index is 13.6. The molecule has 172 valence electrons. The van der Waals surface area contributed by atoms with Crippen LogP contribution in [-0.2, 0) is 4.79 Å². The summed E-state index contributed by atoms with van der Waals surface area (Å²) in [4.78, 5) is 33.2. The average Bonchev–Trinajstić information content (AvgIpc) is 3.39. The highest BCUT2D eigenvalue weighted by Gasteiger charge is 2.41. The van der Waals surface area contributed by atoms with Gasteiger partial charge in [0.15, 0.2) is 0 Å². The molecule has 5 nitrogen and oxygen atoms in total. The van der Waals surface area contributed by atoms with Crippen molar-refractivity contribution in [2.45, 2.75) is 6.04 Å². The van der Waals surface area contributed by atoms with E-state index in [0.717, 1.165) is 38.7 Å². The van der Waals surface area contributed by atoms with Gasteiger partial charge in [0.1, 0.15) is 6.54 Å². The predicted molar refractivity (Wildman–Crippen MR) is 139 cm³/mol. The lowest BCUT2D eigenvalue weighted by atomic mass is 9.92. The molecule has 1 aliphatic rings. The third kappa shape index (κ3) is 3.39. The monoisotopic (exact) mass is 459 g/mol. The lowest BCUT2D eigenvalue weighted by molar-refractivity contribution is -0.129. The first-order chi connectivity index (χ1) is 17.0. The second-order valence-corrected chi connectivity index (χ2v) is 9.23. The summed E-state index contributed by atoms with van der Waals surface area (Å²) in [5.74, 6) is -0.223. The van der Waals surface area contributed by atoms with Crippen molar-refractivity contribution in [3.63, 3.8) is 0 Å². The zero-order valence-corrected chi connectivity index (χ0v) is 19.7. The second-order valence-electron chi connectivity index (χ2n) is 9.23. The van der Waals surface area contributed by atoms with Crippen molar-refractivity contribution < 1.29 is 9.59 Å². The molecule has 1 aliphatic heterocycles. The van der Waals surface area contributed by atoms with Crippen LogP contribution in [0.5, 0.6) is 0 Å². The molecule has 6 rings (SSSR count). The lowest BCUT2D eigenvalue weighted by Gasteiger charge is -2.27. The van der Waals surface area contributed by atoms with Crippen LogP contribution < -0.4 is 0 Å². The largest absolute Gasteiger partial charge is 0.354 e. The lowest BCUT2D eigenvalue weighted by Crippen LogP contribution is -2.39. The predicted octanol–water partition coefficient (Wildman–Crippen LogP) is 5.62. The minimum atomic E-state index is -0.375. The Bertz CT molecular complexity index is 1610. The van der Waals surface area contributed by atoms with Gasteiger partial charge in [0.25, 0.3) is 5.91 Å². The van der Waals surface area contributed by atoms with E-state index in [1.165, 1.54) is 10.3 Å². The van der Waals surface area contributed by atoms with Gasteiger partial charge in [-0.2, -0.15) is 0 Å². The fourth-order valence-electron chi connectivity index (χ4n) is 5.15. The average molecular weight is 460 g/mol. The van der Waals surface area contributed by atoms with E-state index in [0.29, 0.717) is 5.56 Å². The molecule has 0 saturated heterocycles. The first-order valence-corrected chi connectivity index (χ1v) is 11.7. The summed E-state index contributed by atoms with van der Waals surface area (Å²) in [5.41, 5.74) is 5.61. The van der Waals surface area contributed by atoms with Gasteiger partial charge >= 0.3 is 0 Å². The molecule has 1 aromatic heterocycles. The number of benzene rings is 4. The molecule has 0 spiro atoms. The van der Waals surface area contributed by atoms with E-state index < -0.39 is 0 Å². The van der Waals surface area contributed by atoms with Gasteiger partial charge in [-0.15, -0.1) is 0 Å². The van der Waals surface area contributed by atoms with Crippen molar-refractivity contribution >= 4 is 33.5 Å². The summed E-state index contributed by atoms with van der Waals surface area (Å²) >= 11 is 0. The molecular weight excluding hydrogens is 434 g/mol. The van der Waals surface area contributed by atoms with Crippen LogP contribution in [0.3, 0.4) is 0 Å². The van der Waals surface area contributed by atoms with Crippen LogP contribution in [-0.4, -0.2) is 47.2 Å². The van der Waals surface area contributed by atoms with Gasteiger partial charge in [-0.3, -0.25) is 9.59 Å². The standard InChI is InChI=1S/C30H25N3O2/c1-32(2)26(34)18-33-29(22-11-5-6-12-23(22)30(33)35)27-24-13-7-8-14-25(24)31-28(27)21-16-15-19-9-3-4-10-20(19)17-21/h3-17,29,31H,18H2,1-2H3. The van der Waals surface area contributed by atoms with Crippen LogP contribution in [0, 0.1) is 0 Å². The van der Waals surface area contributed by atoms with E-state index in [4.69, 9.17) is 0 Å². The van der Waals surface area contributed by atoms with Gasteiger partial charge in [0.2, 0.25) is 5.91 Å². The number of rotatable bonds is 4. The molecule has 35 heavy (non-hydrogen) atoms. The summed E-state index contributed by atoms with van der Waals surface area (Å²) in [5, 5.41) is 3.37. The van der Waals surface area contributed by atoms with Gasteiger partial charge in [0, 0.05) is 36.1 Å². The van der Waals surface area contributed by atoms with Crippen molar-refractivity contribution in [3.8, 4) is 11.3 Å². The van der Waals surface area contributed by atoms with Crippen LogP contribution in [0.15, 0.2) is 91.0 Å². The summed E-state index contributed by atoms with van der Waals surface area (Å²) in [6, 6.07) is 30.2. The van der Waals surface area contributed by atoms with E-state index >= 15 is 0 Å². The number of nitrogens with zero attached hydrogens (tertiary/aromatic N) is 2. The molecule has 5 aromatic rings. The molecular formula is C30H25N3O2. The van der Waals surface area contributed by atoms with Crippen molar-refractivity contribution in [1.29, 1.82) is 0 Å². The minimum Gasteiger partial charge on any atom is -0.354 e. The van der Waals surface area contributed by atoms with E-state index in [9.17, 15) is 9.59 Å². The smallest absolute Gasteiger partial charge is 0.255 e. The fourth-order valence-corrected chi connectivity index (χ4v) is 5.15. The number of hydrogen-bond acceptors (Lipinski definition) is 2. The highest BCUT2D eigenvalue weighted by atomic mass is 16.2. The number of aromatic nitrogens is 1. The highest BCUT2D eigenvalue weighted by Crippen LogP contribution is 2.45. The summed E-state index contributed by atoms with van der Waals surface area (Å²) in [7, 11) is 3.44. The quantitative estimate of drug-likeness (QED) is 0.379. The zero-order valence-electron chi connectivity index (χ0n) is 19.7. The molecule has 0 aliphatic carbocycles. The van der Waals surface area contributed by atoms with Gasteiger partial charge in [-0.25, -0.2) is 0 Å². The number of amides is 2. The van der Waals surface area contributed by atoms with Crippen molar-refractivity contribution in [2.75, 3.05) is 20.6 Å². The van der Waals surface area contributed by atoms with Gasteiger partial charge < -0.3 is 14.8 Å². The molecule has 5 heteroatoms. The zero-order chi connectivity index (χ0) is 24.1. The summed E-state index contributed by atoms with van der Waals surface area (Å²) < 4.78 is 0. The number of carbonyl (C=O) groups is 2. The molecule has 1 unspecified atom stereocenters. The van der Waals surface area contributed by atoms with Gasteiger partial charge in [-0.05, 0) is 40.1 Å². The molecule has 2 amide bonds. The topological polar surface area (TPSA) is 56.4 Å². The first kappa shape index (κ1) is 21.2. The molecule has 1 N–H and O–H groups in total. The number of carbonyl (C=O) groups excluding carboxylic acids is 2. The Hall–Kier alpha value is -4.38. The maximum atomic E-state index is 13.6. The number of likely N-dealkylation sites (N-methyl/N-ethyl adjacent to an activating group) is 1. The SMILES string of the molecule is CN(C)C(=O)CN1C(=O)c2ccccc2C1c1c(-c2ccc3ccccc3c2)[nH]c2ccccc12. The third-order valence-electron chi connectivity index (χ3n) is 6.92. The Kier molecular flexibility index (Phi) is 4.92. The molecule has 0 radical (unpaired) electrons. The Morgan fingerprint density at radius 3 is 2.43 bits per heavy atom. The van der Waals surface area contributed by atoms with E-state index in [1.54, 1.807) is 19.0 Å². The van der Waals surface area contributed by atoms with Crippen LogP contribution in [0.2, 0.25) is 0 Å². The number of hydrogen-bond donors (Lipinski definition) is 1. The Morgan fingerprint density at radius 1 is 0.886 bits per heavy atom. The summed E-state index contributed by atoms with van der Waals surface area (Å²) in [6.45, 7) is 0.0157. The van der Waals surface area contributed by atoms with E-state index in [-0.39, 0.29) is 24.4 Å². The summed E-state index contributed by atoms with van der Waals surface area (Å²) in [6.07, 6.45) is 0. The molecule has 1 atom stereocenters. The molecule has 0 fully saturated rings. The number of nitrogens with one attached hydrogen (secondary N) is 1. The Morgan fingerprint density at radius 2 is 1.60 bits per heavy atom. The Labute approximate surface area is 203 Å². The third-order valence-corrected chi connectivity index (χ3v) is 6.92. The molecule has 2 heterocycles. The number of para-hydroxylation sites is 1. The van der Waals surface area contributed by atoms with Crippen LogP contribution >= 0.6 is 0 Å². The molecule has 0 bridgehead atoms. The van der Waals surface area contributed by atoms with Crippen LogP contribution in [0.4, 0.5) is 0 Å². The van der Waals surface area contributed by atoms with E-state index in [1.807, 2.05) is 48.5 Å². The fraction of sp³-hybridized carbons (Fsp3) is 0.133. The first-order valence-electron chi connectivity index (χ1n) is 11.7. The molecule has 4 aromatic carbocycles. The van der Waals surface area contributed by atoms with E-state index in [2.05, 4.69) is 47.4 Å². The normalized spacial score (nSPS) is 15.1. The van der Waals surface area contributed by atoms with Crippen molar-refractivity contribution in [3.05, 3.63) is 108 Å². The van der Waals surface area contributed by atoms with Gasteiger partial charge in [0.05, 0.1) is 11.7 Å². The minimum absolute atomic E-state index is 0.0157. The van der Waals surface area contributed by atoms with Crippen LogP contribution in [0.25, 0.3) is 32.9 Å².